The molecule has 0 radical (unpaired) electrons. The minimum absolute atomic E-state index is 0.0339. The topological polar surface area (TPSA) is 88.1 Å². The first-order valence-electron chi connectivity index (χ1n) is 14.5. The van der Waals surface area contributed by atoms with Gasteiger partial charge in [0.15, 0.2) is 5.06 Å². The third-order valence-electron chi connectivity index (χ3n) is 9.35. The first kappa shape index (κ1) is 32.5. The molecule has 7 nitrogen and oxygen atoms in total. The highest BCUT2D eigenvalue weighted by Gasteiger charge is 2.65. The number of hydrogen-bond acceptors (Lipinski definition) is 10. The maximum absolute atomic E-state index is 14.5. The summed E-state index contributed by atoms with van der Waals surface area (Å²) >= 11 is 4.65. The maximum Gasteiger partial charge on any atom is 0.278 e. The number of carbonyl (C=O) groups excluding carboxylic acids is 1. The number of hydrogen-bond donors (Lipinski definition) is 0. The maximum atomic E-state index is 14.5. The molecule has 2 bridgehead atoms. The van der Waals surface area contributed by atoms with Gasteiger partial charge in [-0.05, 0) is 107 Å². The summed E-state index contributed by atoms with van der Waals surface area (Å²) in [4.78, 5) is 14.8. The predicted octanol–water partition coefficient (Wildman–Crippen LogP) is 8.93. The SMILES string of the molecule is COc1ccc(S(OS(=O)(=O)CC23CCC(CC2=O)C3(C)C)(c2ccc(OC)cc2)c2ccc(Sc3ccc(OC)s3)s2)cc1. The van der Waals surface area contributed by atoms with Crippen molar-refractivity contribution in [2.24, 2.45) is 16.7 Å². The number of ketones is 1. The predicted molar refractivity (Wildman–Crippen MR) is 181 cm³/mol. The van der Waals surface area contributed by atoms with Crippen molar-refractivity contribution in [2.45, 2.75) is 55.5 Å². The van der Waals surface area contributed by atoms with Gasteiger partial charge in [-0.25, -0.2) is 3.63 Å². The summed E-state index contributed by atoms with van der Waals surface area (Å²) in [5.74, 6) is 1.17. The minimum atomic E-state index is -4.26. The van der Waals surface area contributed by atoms with Crippen molar-refractivity contribution in [3.63, 3.8) is 0 Å². The molecule has 12 heteroatoms. The molecule has 0 saturated heterocycles. The minimum Gasteiger partial charge on any atom is -0.497 e. The molecular formula is C33H36O7S5. The van der Waals surface area contributed by atoms with Crippen molar-refractivity contribution in [1.29, 1.82) is 0 Å². The van der Waals surface area contributed by atoms with Crippen molar-refractivity contribution in [2.75, 3.05) is 27.1 Å². The van der Waals surface area contributed by atoms with E-state index in [4.69, 9.17) is 17.8 Å². The largest absolute Gasteiger partial charge is 0.497 e. The molecule has 2 fully saturated rings. The lowest BCUT2D eigenvalue weighted by Crippen LogP contribution is -2.42. The molecule has 4 aromatic rings. The fourth-order valence-electron chi connectivity index (χ4n) is 6.68. The molecule has 2 atom stereocenters. The molecule has 2 saturated carbocycles. The summed E-state index contributed by atoms with van der Waals surface area (Å²) in [6.07, 6.45) is 1.84. The zero-order valence-corrected chi connectivity index (χ0v) is 29.8. The van der Waals surface area contributed by atoms with E-state index in [1.807, 2.05) is 86.6 Å². The summed E-state index contributed by atoms with van der Waals surface area (Å²) in [6, 6.07) is 22.7. The van der Waals surface area contributed by atoms with E-state index in [-0.39, 0.29) is 17.5 Å². The Kier molecular flexibility index (Phi) is 8.86. The molecule has 0 amide bonds. The Hall–Kier alpha value is -2.48. The van der Waals surface area contributed by atoms with Gasteiger partial charge in [0.1, 0.15) is 17.3 Å². The Morgan fingerprint density at radius 3 is 1.87 bits per heavy atom. The Labute approximate surface area is 278 Å². The van der Waals surface area contributed by atoms with Gasteiger partial charge in [-0.1, -0.05) is 36.9 Å². The number of benzene rings is 2. The van der Waals surface area contributed by atoms with Crippen LogP contribution in [0.2, 0.25) is 0 Å². The lowest BCUT2D eigenvalue weighted by atomic mass is 9.70. The van der Waals surface area contributed by atoms with Crippen LogP contribution in [0.1, 0.15) is 33.1 Å². The molecule has 2 aromatic heterocycles. The second-order valence-electron chi connectivity index (χ2n) is 11.8. The molecule has 2 unspecified atom stereocenters. The number of carbonyl (C=O) groups is 1. The molecule has 240 valence electrons. The van der Waals surface area contributed by atoms with Gasteiger partial charge in [0.25, 0.3) is 10.1 Å². The van der Waals surface area contributed by atoms with E-state index in [0.717, 1.165) is 24.1 Å². The van der Waals surface area contributed by atoms with Crippen LogP contribution in [0.3, 0.4) is 0 Å². The Morgan fingerprint density at radius 1 is 0.800 bits per heavy atom. The highest BCUT2D eigenvalue weighted by atomic mass is 32.3. The van der Waals surface area contributed by atoms with Crippen LogP contribution in [0.4, 0.5) is 0 Å². The second-order valence-corrected chi connectivity index (χ2v) is 20.2. The van der Waals surface area contributed by atoms with Crippen molar-refractivity contribution < 1.29 is 31.1 Å². The van der Waals surface area contributed by atoms with Gasteiger partial charge in [0, 0.05) is 16.2 Å². The summed E-state index contributed by atoms with van der Waals surface area (Å²) in [5.41, 5.74) is -1.39. The van der Waals surface area contributed by atoms with E-state index in [1.54, 1.807) is 44.4 Å². The van der Waals surface area contributed by atoms with Crippen LogP contribution in [0.25, 0.3) is 0 Å². The second kappa shape index (κ2) is 12.3. The average Bonchev–Trinajstić information content (AvgIpc) is 3.78. The van der Waals surface area contributed by atoms with Gasteiger partial charge in [-0.3, -0.25) is 4.79 Å². The van der Waals surface area contributed by atoms with E-state index < -0.39 is 31.3 Å². The molecular weight excluding hydrogens is 669 g/mol. The smallest absolute Gasteiger partial charge is 0.278 e. The third-order valence-corrected chi connectivity index (χ3v) is 18.6. The van der Waals surface area contributed by atoms with Crippen LogP contribution >= 0.6 is 44.7 Å². The quantitative estimate of drug-likeness (QED) is 0.145. The van der Waals surface area contributed by atoms with E-state index in [2.05, 4.69) is 0 Å². The number of fused-ring (bicyclic) bond motifs is 2. The molecule has 0 aliphatic heterocycles. The lowest BCUT2D eigenvalue weighted by Gasteiger charge is -2.41. The monoisotopic (exact) mass is 704 g/mol. The number of thiophene rings is 2. The van der Waals surface area contributed by atoms with Gasteiger partial charge < -0.3 is 14.2 Å². The zero-order chi connectivity index (χ0) is 32.0. The number of rotatable bonds is 12. The number of Topliss-reactive ketones (excluding diaryl/α,β-unsaturated/α-hetero) is 1. The Balaban J connectivity index is 1.50. The van der Waals surface area contributed by atoms with Gasteiger partial charge in [0.05, 0.1) is 45.1 Å². The summed E-state index contributed by atoms with van der Waals surface area (Å²) in [6.45, 7) is 4.08. The number of methoxy groups -OCH3 is 3. The van der Waals surface area contributed by atoms with Crippen LogP contribution < -0.4 is 14.2 Å². The molecule has 45 heavy (non-hydrogen) atoms. The Bertz CT molecular complexity index is 1740. The van der Waals surface area contributed by atoms with Crippen molar-refractivity contribution in [3.05, 3.63) is 72.8 Å². The molecule has 2 aromatic carbocycles. The van der Waals surface area contributed by atoms with Crippen LogP contribution in [-0.4, -0.2) is 41.3 Å². The Morgan fingerprint density at radius 2 is 1.38 bits per heavy atom. The molecule has 2 aliphatic rings. The van der Waals surface area contributed by atoms with Gasteiger partial charge in [-0.15, -0.1) is 11.3 Å². The standard InChI is InChI=1S/C33H36O7S5/c1-32(2)22-18-19-33(32,27(34)20-22)21-44(35,36)40-45(25-10-6-23(37-3)7-11-25,26-12-8-24(38-4)9-13-26)31-17-16-30(43-31)42-29-15-14-28(39-5)41-29/h6-17,22H,18-21H2,1-5H3. The first-order chi connectivity index (χ1) is 21.5. The van der Waals surface area contributed by atoms with Crippen LogP contribution in [-0.2, 0) is 18.5 Å². The van der Waals surface area contributed by atoms with Gasteiger partial charge in [-0.2, -0.15) is 8.42 Å². The molecule has 2 heterocycles. The summed E-state index contributed by atoms with van der Waals surface area (Å²) < 4.78 is 54.8. The van der Waals surface area contributed by atoms with E-state index in [9.17, 15) is 13.2 Å². The average molecular weight is 705 g/mol. The lowest BCUT2D eigenvalue weighted by molar-refractivity contribution is -0.128. The fourth-order valence-corrected chi connectivity index (χ4v) is 17.1. The highest BCUT2D eigenvalue weighted by molar-refractivity contribution is 8.34. The van der Waals surface area contributed by atoms with E-state index >= 15 is 0 Å². The van der Waals surface area contributed by atoms with Crippen LogP contribution in [0.5, 0.6) is 16.6 Å². The number of ether oxygens (including phenoxy) is 3. The summed E-state index contributed by atoms with van der Waals surface area (Å²) in [7, 11) is -2.28. The molecule has 0 N–H and O–H groups in total. The normalized spacial score (nSPS) is 21.2. The molecule has 0 spiro atoms. The fraction of sp³-hybridized carbons (Fsp3) is 0.364. The van der Waals surface area contributed by atoms with Gasteiger partial charge in [0.2, 0.25) is 0 Å². The summed E-state index contributed by atoms with van der Waals surface area (Å²) in [5, 5.41) is 0.818. The van der Waals surface area contributed by atoms with Crippen molar-refractivity contribution in [1.82, 2.24) is 0 Å². The van der Waals surface area contributed by atoms with Crippen molar-refractivity contribution in [3.8, 4) is 16.6 Å². The van der Waals surface area contributed by atoms with E-state index in [1.165, 1.54) is 11.3 Å². The first-order valence-corrected chi connectivity index (χ1v) is 20.0. The molecule has 6 rings (SSSR count). The van der Waals surface area contributed by atoms with Crippen molar-refractivity contribution >= 4 is 60.6 Å². The third kappa shape index (κ3) is 5.72. The van der Waals surface area contributed by atoms with Crippen LogP contribution in [0.15, 0.2) is 95.2 Å². The zero-order valence-electron chi connectivity index (χ0n) is 25.7. The van der Waals surface area contributed by atoms with E-state index in [0.29, 0.717) is 34.1 Å². The highest BCUT2D eigenvalue weighted by Crippen LogP contribution is 2.73. The molecule has 2 aliphatic carbocycles. The van der Waals surface area contributed by atoms with Crippen LogP contribution in [0, 0.1) is 16.7 Å². The van der Waals surface area contributed by atoms with Gasteiger partial charge >= 0.3 is 0 Å².